The van der Waals surface area contributed by atoms with E-state index in [1.54, 1.807) is 6.08 Å². The van der Waals surface area contributed by atoms with Gasteiger partial charge >= 0.3 is 5.97 Å². The van der Waals surface area contributed by atoms with Crippen LogP contribution in [0, 0.1) is 0 Å². The third-order valence-electron chi connectivity index (χ3n) is 18.1. The summed E-state index contributed by atoms with van der Waals surface area (Å²) in [5, 5.41) is 23.3. The number of ether oxygens (including phenoxy) is 1. The van der Waals surface area contributed by atoms with Gasteiger partial charge < -0.3 is 20.3 Å². The third kappa shape index (κ3) is 71.0. The first kappa shape index (κ1) is 83.1. The zero-order chi connectivity index (χ0) is 61.3. The normalized spacial score (nSPS) is 12.7. The van der Waals surface area contributed by atoms with Crippen LogP contribution in [-0.4, -0.2) is 47.4 Å². The van der Waals surface area contributed by atoms with E-state index in [4.69, 9.17) is 4.74 Å². The molecule has 6 heteroatoms. The summed E-state index contributed by atoms with van der Waals surface area (Å²) >= 11 is 0. The van der Waals surface area contributed by atoms with Crippen molar-refractivity contribution >= 4 is 11.9 Å². The fourth-order valence-corrected chi connectivity index (χ4v) is 12.2. The average Bonchev–Trinajstić information content (AvgIpc) is 3.51. The van der Waals surface area contributed by atoms with Gasteiger partial charge in [0.15, 0.2) is 0 Å². The second kappa shape index (κ2) is 74.5. The number of hydrogen-bond donors (Lipinski definition) is 3. The van der Waals surface area contributed by atoms with E-state index in [0.717, 1.165) is 44.9 Å². The molecule has 0 fully saturated rings. The van der Waals surface area contributed by atoms with Crippen molar-refractivity contribution in [3.8, 4) is 0 Å². The summed E-state index contributed by atoms with van der Waals surface area (Å²) in [6.45, 7) is 4.94. The minimum Gasteiger partial charge on any atom is -0.466 e. The van der Waals surface area contributed by atoms with Crippen LogP contribution in [-0.2, 0) is 14.3 Å². The molecule has 0 radical (unpaired) electrons. The van der Waals surface area contributed by atoms with Gasteiger partial charge in [0.25, 0.3) is 0 Å². The topological polar surface area (TPSA) is 95.9 Å². The summed E-state index contributed by atoms with van der Waals surface area (Å²) in [6, 6.07) is -0.630. The number of allylic oxidation sites excluding steroid dienone is 5. The molecule has 0 aliphatic carbocycles. The van der Waals surface area contributed by atoms with Crippen LogP contribution in [0.15, 0.2) is 36.5 Å². The van der Waals surface area contributed by atoms with Crippen LogP contribution in [0.3, 0.4) is 0 Å². The maximum Gasteiger partial charge on any atom is 0.305 e. The molecule has 2 atom stereocenters. The van der Waals surface area contributed by atoms with Gasteiger partial charge in [-0.15, -0.1) is 0 Å². The van der Waals surface area contributed by atoms with Crippen LogP contribution >= 0.6 is 0 Å². The largest absolute Gasteiger partial charge is 0.466 e. The molecule has 0 aromatic rings. The van der Waals surface area contributed by atoms with Gasteiger partial charge in [-0.2, -0.15) is 0 Å². The SMILES string of the molecule is CCCCCCCC/C=C\CCCCCCCCCC(=O)OCCCCCCCCCCCCCC/C=C\CCCCCCCCCCCCCCC(=O)NC(CO)C(O)/C=C/CCCCCCCCCCCCCCCCCCCCCCC. The molecule has 2 unspecified atom stereocenters. The lowest BCUT2D eigenvalue weighted by Gasteiger charge is -2.20. The molecular formula is C79H151NO5. The van der Waals surface area contributed by atoms with E-state index in [0.29, 0.717) is 19.4 Å². The van der Waals surface area contributed by atoms with Gasteiger partial charge in [0.1, 0.15) is 0 Å². The van der Waals surface area contributed by atoms with Crippen molar-refractivity contribution < 1.29 is 24.5 Å². The summed E-state index contributed by atoms with van der Waals surface area (Å²) in [5.41, 5.74) is 0. The maximum absolute atomic E-state index is 12.5. The molecule has 1 amide bonds. The van der Waals surface area contributed by atoms with Crippen LogP contribution in [0.4, 0.5) is 0 Å². The Bertz CT molecular complexity index is 1380. The Morgan fingerprint density at radius 3 is 0.835 bits per heavy atom. The molecule has 0 aromatic heterocycles. The Labute approximate surface area is 532 Å². The van der Waals surface area contributed by atoms with Gasteiger partial charge in [0.2, 0.25) is 5.91 Å². The second-order valence-electron chi connectivity index (χ2n) is 26.7. The molecule has 6 nitrogen and oxygen atoms in total. The molecule has 0 aliphatic heterocycles. The lowest BCUT2D eigenvalue weighted by atomic mass is 10.0. The van der Waals surface area contributed by atoms with E-state index in [1.807, 2.05) is 6.08 Å². The molecular weight excluding hydrogens is 1040 g/mol. The van der Waals surface area contributed by atoms with Crippen LogP contribution in [0.25, 0.3) is 0 Å². The number of carbonyl (C=O) groups excluding carboxylic acids is 2. The molecule has 0 bridgehead atoms. The van der Waals surface area contributed by atoms with E-state index in [-0.39, 0.29) is 18.5 Å². The fourth-order valence-electron chi connectivity index (χ4n) is 12.2. The molecule has 0 heterocycles. The van der Waals surface area contributed by atoms with Gasteiger partial charge in [-0.05, 0) is 83.5 Å². The van der Waals surface area contributed by atoms with Crippen molar-refractivity contribution in [3.05, 3.63) is 36.5 Å². The molecule has 0 saturated carbocycles. The van der Waals surface area contributed by atoms with E-state index in [9.17, 15) is 19.8 Å². The summed E-state index contributed by atoms with van der Waals surface area (Å²) < 4.78 is 5.50. The molecule has 502 valence electrons. The van der Waals surface area contributed by atoms with Crippen molar-refractivity contribution in [2.75, 3.05) is 13.2 Å². The Balaban J connectivity index is 3.40. The Morgan fingerprint density at radius 1 is 0.318 bits per heavy atom. The minimum absolute atomic E-state index is 0.0129. The lowest BCUT2D eigenvalue weighted by molar-refractivity contribution is -0.143. The lowest BCUT2D eigenvalue weighted by Crippen LogP contribution is -2.45. The predicted octanol–water partition coefficient (Wildman–Crippen LogP) is 25.4. The number of esters is 1. The zero-order valence-corrected chi connectivity index (χ0v) is 57.6. The fraction of sp³-hybridized carbons (Fsp3) is 0.899. The van der Waals surface area contributed by atoms with Gasteiger partial charge in [0, 0.05) is 12.8 Å². The smallest absolute Gasteiger partial charge is 0.305 e. The monoisotopic (exact) mass is 1190 g/mol. The molecule has 0 spiro atoms. The Kier molecular flexibility index (Phi) is 72.9. The Hall–Kier alpha value is -1.92. The first-order valence-electron chi connectivity index (χ1n) is 38.8. The van der Waals surface area contributed by atoms with Crippen LogP contribution < -0.4 is 5.32 Å². The quantitative estimate of drug-likeness (QED) is 0.0320. The minimum atomic E-state index is -0.846. The number of rotatable bonds is 73. The highest BCUT2D eigenvalue weighted by Gasteiger charge is 2.18. The molecule has 3 N–H and O–H groups in total. The highest BCUT2D eigenvalue weighted by molar-refractivity contribution is 5.76. The Morgan fingerprint density at radius 2 is 0.553 bits per heavy atom. The van der Waals surface area contributed by atoms with E-state index in [2.05, 4.69) is 43.5 Å². The highest BCUT2D eigenvalue weighted by Crippen LogP contribution is 2.19. The van der Waals surface area contributed by atoms with E-state index >= 15 is 0 Å². The molecule has 0 saturated heterocycles. The highest BCUT2D eigenvalue weighted by atomic mass is 16.5. The van der Waals surface area contributed by atoms with Crippen LogP contribution in [0.1, 0.15) is 431 Å². The van der Waals surface area contributed by atoms with Gasteiger partial charge in [-0.1, -0.05) is 371 Å². The van der Waals surface area contributed by atoms with Crippen LogP contribution in [0.2, 0.25) is 0 Å². The molecule has 0 aromatic carbocycles. The van der Waals surface area contributed by atoms with Gasteiger partial charge in [-0.25, -0.2) is 0 Å². The summed E-state index contributed by atoms with van der Waals surface area (Å²) in [7, 11) is 0. The second-order valence-corrected chi connectivity index (χ2v) is 26.7. The number of aliphatic hydroxyl groups is 2. The van der Waals surface area contributed by atoms with Crippen molar-refractivity contribution in [1.82, 2.24) is 5.32 Å². The standard InChI is InChI=1S/C79H151NO5/c1-3-5-7-9-11-13-15-17-19-21-22-23-30-33-36-40-43-47-51-55-59-63-67-71-77(82)76(75-81)80-78(83)72-68-64-60-56-52-48-44-41-37-34-31-28-26-24-25-27-29-32-35-38-42-46-50-54-58-62-66-70-74-85-79(84)73-69-65-61-57-53-49-45-39-20-18-16-14-12-10-8-6-4-2/h18,20,24-25,67,71,76-77,81-82H,3-17,19,21-23,26-66,68-70,72-75H2,1-2H3,(H,80,83)/b20-18-,25-24-,71-67+. The molecule has 0 rings (SSSR count). The number of amides is 1. The predicted molar refractivity (Wildman–Crippen MR) is 375 cm³/mol. The number of hydrogen-bond acceptors (Lipinski definition) is 5. The number of unbranched alkanes of at least 4 members (excludes halogenated alkanes) is 58. The van der Waals surface area contributed by atoms with E-state index in [1.165, 1.54) is 360 Å². The van der Waals surface area contributed by atoms with Crippen molar-refractivity contribution in [1.29, 1.82) is 0 Å². The summed E-state index contributed by atoms with van der Waals surface area (Å²) in [5.74, 6) is -0.0505. The molecule has 85 heavy (non-hydrogen) atoms. The zero-order valence-electron chi connectivity index (χ0n) is 57.6. The number of nitrogens with one attached hydrogen (secondary N) is 1. The third-order valence-corrected chi connectivity index (χ3v) is 18.1. The number of aliphatic hydroxyl groups excluding tert-OH is 2. The van der Waals surface area contributed by atoms with Crippen molar-refractivity contribution in [2.45, 2.75) is 443 Å². The summed E-state index contributed by atoms with van der Waals surface area (Å²) in [6.07, 6.45) is 96.8. The molecule has 0 aliphatic rings. The van der Waals surface area contributed by atoms with E-state index < -0.39 is 12.1 Å². The number of carbonyl (C=O) groups is 2. The van der Waals surface area contributed by atoms with Crippen molar-refractivity contribution in [2.24, 2.45) is 0 Å². The van der Waals surface area contributed by atoms with Gasteiger partial charge in [-0.3, -0.25) is 9.59 Å². The van der Waals surface area contributed by atoms with Crippen molar-refractivity contribution in [3.63, 3.8) is 0 Å². The maximum atomic E-state index is 12.5. The summed E-state index contributed by atoms with van der Waals surface area (Å²) in [4.78, 5) is 24.7. The average molecular weight is 1200 g/mol. The van der Waals surface area contributed by atoms with Crippen LogP contribution in [0.5, 0.6) is 0 Å². The first-order chi connectivity index (χ1) is 42.0. The van der Waals surface area contributed by atoms with Gasteiger partial charge in [0.05, 0.1) is 25.4 Å². The first-order valence-corrected chi connectivity index (χ1v) is 38.8.